The van der Waals surface area contributed by atoms with Crippen LogP contribution in [0.15, 0.2) is 5.57 Å². The maximum Gasteiger partial charge on any atom is 0.327 e. The van der Waals surface area contributed by atoms with Gasteiger partial charge in [0.25, 0.3) is 0 Å². The van der Waals surface area contributed by atoms with Crippen molar-refractivity contribution in [1.29, 1.82) is 0 Å². The Morgan fingerprint density at radius 3 is 3.00 bits per heavy atom. The third-order valence-corrected chi connectivity index (χ3v) is 3.68. The number of fused-ring (bicyclic) bond motifs is 1. The average molecular weight is 201 g/mol. The highest BCUT2D eigenvalue weighted by Crippen LogP contribution is 2.66. The molecule has 0 radical (unpaired) electrons. The number of ether oxygens (including phenoxy) is 1. The van der Waals surface area contributed by atoms with Crippen molar-refractivity contribution in [2.45, 2.75) is 17.7 Å². The number of hydrogen-bond acceptors (Lipinski definition) is 3. The van der Waals surface area contributed by atoms with E-state index in [0.29, 0.717) is 5.57 Å². The zero-order chi connectivity index (χ0) is 9.64. The molecule has 0 N–H and O–H groups in total. The van der Waals surface area contributed by atoms with E-state index < -0.39 is 10.8 Å². The summed E-state index contributed by atoms with van der Waals surface area (Å²) in [7, 11) is 1.31. The highest BCUT2D eigenvalue weighted by Gasteiger charge is 2.73. The van der Waals surface area contributed by atoms with Crippen molar-refractivity contribution in [2.24, 2.45) is 11.8 Å². The van der Waals surface area contributed by atoms with E-state index in [-0.39, 0.29) is 11.8 Å². The Bertz CT molecular complexity index is 319. The van der Waals surface area contributed by atoms with E-state index in [1.807, 2.05) is 5.94 Å². The summed E-state index contributed by atoms with van der Waals surface area (Å²) in [6.07, 6.45) is 1.53. The number of methoxy groups -OCH3 is 1. The first-order chi connectivity index (χ1) is 6.16. The zero-order valence-electron chi connectivity index (χ0n) is 7.17. The lowest BCUT2D eigenvalue weighted by Crippen LogP contribution is -2.23. The molecule has 0 aromatic heterocycles. The molecule has 2 aliphatic rings. The van der Waals surface area contributed by atoms with Gasteiger partial charge in [0, 0.05) is 11.5 Å². The summed E-state index contributed by atoms with van der Waals surface area (Å²) in [4.78, 5) is 20.8. The average Bonchev–Trinajstić information content (AvgIpc) is 2.60. The Morgan fingerprint density at radius 1 is 1.77 bits per heavy atom. The molecule has 0 amide bonds. The Labute approximate surface area is 80.7 Å². The summed E-state index contributed by atoms with van der Waals surface area (Å²) in [5, 5.41) is 0. The van der Waals surface area contributed by atoms with Gasteiger partial charge in [0.15, 0.2) is 4.87 Å². The van der Waals surface area contributed by atoms with E-state index in [2.05, 4.69) is 4.74 Å². The van der Waals surface area contributed by atoms with Gasteiger partial charge in [0.1, 0.15) is 5.94 Å². The minimum Gasteiger partial charge on any atom is -0.468 e. The fourth-order valence-corrected chi connectivity index (χ4v) is 2.85. The Kier molecular flexibility index (Phi) is 1.76. The molecule has 0 aromatic carbocycles. The summed E-state index contributed by atoms with van der Waals surface area (Å²) >= 11 is 6.06. The molecule has 3 nitrogen and oxygen atoms in total. The Morgan fingerprint density at radius 2 is 2.46 bits per heavy atom. The molecule has 0 heterocycles. The van der Waals surface area contributed by atoms with Crippen LogP contribution in [0.5, 0.6) is 0 Å². The van der Waals surface area contributed by atoms with Crippen LogP contribution in [0.2, 0.25) is 0 Å². The van der Waals surface area contributed by atoms with E-state index >= 15 is 0 Å². The highest BCUT2D eigenvalue weighted by molar-refractivity contribution is 6.37. The summed E-state index contributed by atoms with van der Waals surface area (Å²) in [6.45, 7) is 0. The normalized spacial score (nSPS) is 40.9. The quantitative estimate of drug-likeness (QED) is 0.359. The summed E-state index contributed by atoms with van der Waals surface area (Å²) in [5.74, 6) is 1.43. The lowest BCUT2D eigenvalue weighted by atomic mass is 10.1. The van der Waals surface area contributed by atoms with Gasteiger partial charge in [0.05, 0.1) is 7.11 Å². The van der Waals surface area contributed by atoms with Crippen LogP contribution in [0, 0.1) is 11.8 Å². The third-order valence-electron chi connectivity index (χ3n) is 3.01. The maximum atomic E-state index is 11.3. The zero-order valence-corrected chi connectivity index (χ0v) is 7.93. The first kappa shape index (κ1) is 8.79. The molecule has 4 heteroatoms. The summed E-state index contributed by atoms with van der Waals surface area (Å²) < 4.78 is 4.59. The first-order valence-corrected chi connectivity index (χ1v) is 4.55. The van der Waals surface area contributed by atoms with Gasteiger partial charge in [-0.2, -0.15) is 0 Å². The van der Waals surface area contributed by atoms with E-state index in [4.69, 9.17) is 11.6 Å². The number of halogens is 1. The molecule has 2 aliphatic carbocycles. The second-order valence-corrected chi connectivity index (χ2v) is 4.14. The van der Waals surface area contributed by atoms with Gasteiger partial charge >= 0.3 is 5.97 Å². The molecule has 0 spiro atoms. The van der Waals surface area contributed by atoms with E-state index in [0.717, 1.165) is 12.8 Å². The topological polar surface area (TPSA) is 43.4 Å². The molecular weight excluding hydrogens is 192 g/mol. The number of alkyl halides is 1. The predicted octanol–water partition coefficient (Wildman–Crippen LogP) is 0.935. The summed E-state index contributed by atoms with van der Waals surface area (Å²) in [6, 6.07) is 0. The minimum absolute atomic E-state index is 0.0954. The van der Waals surface area contributed by atoms with Gasteiger partial charge in [-0.15, -0.1) is 11.6 Å². The number of carbonyl (C=O) groups excluding carboxylic acids is 2. The van der Waals surface area contributed by atoms with Gasteiger partial charge in [-0.05, 0) is 18.8 Å². The molecule has 3 unspecified atom stereocenters. The molecule has 2 rings (SSSR count). The lowest BCUT2D eigenvalue weighted by Gasteiger charge is -2.09. The van der Waals surface area contributed by atoms with Crippen LogP contribution in [0.25, 0.3) is 0 Å². The van der Waals surface area contributed by atoms with Crippen molar-refractivity contribution >= 4 is 23.5 Å². The molecule has 3 atom stereocenters. The smallest absolute Gasteiger partial charge is 0.327 e. The SMILES string of the molecule is COC(=O)C1(Cl)C2CCC(=C=O)C21. The predicted molar refractivity (Wildman–Crippen MR) is 46.0 cm³/mol. The van der Waals surface area contributed by atoms with Crippen molar-refractivity contribution in [3.8, 4) is 0 Å². The number of rotatable bonds is 1. The number of hydrogen-bond donors (Lipinski definition) is 0. The fourth-order valence-electron chi connectivity index (χ4n) is 2.31. The number of allylic oxidation sites excluding steroid dienone is 1. The minimum atomic E-state index is -0.945. The van der Waals surface area contributed by atoms with Crippen molar-refractivity contribution in [3.63, 3.8) is 0 Å². The van der Waals surface area contributed by atoms with Gasteiger partial charge in [-0.1, -0.05) is 0 Å². The lowest BCUT2D eigenvalue weighted by molar-refractivity contribution is -0.141. The Hall–Kier alpha value is -0.790. The maximum absolute atomic E-state index is 11.3. The third kappa shape index (κ3) is 0.917. The molecule has 0 bridgehead atoms. The van der Waals surface area contributed by atoms with Crippen LogP contribution < -0.4 is 0 Å². The molecule has 0 aliphatic heterocycles. The number of esters is 1. The molecule has 13 heavy (non-hydrogen) atoms. The molecule has 2 saturated carbocycles. The van der Waals surface area contributed by atoms with Gasteiger partial charge in [-0.3, -0.25) is 4.79 Å². The molecule has 0 saturated heterocycles. The van der Waals surface area contributed by atoms with Gasteiger partial charge in [0.2, 0.25) is 0 Å². The standard InChI is InChI=1S/C9H9ClO3/c1-13-8(12)9(10)6-3-2-5(4-11)7(6)9/h6-7H,2-3H2,1H3. The van der Waals surface area contributed by atoms with Crippen LogP contribution in [0.4, 0.5) is 0 Å². The van der Waals surface area contributed by atoms with Crippen LogP contribution >= 0.6 is 11.6 Å². The first-order valence-electron chi connectivity index (χ1n) is 4.17. The molecule has 2 fully saturated rings. The summed E-state index contributed by atoms with van der Waals surface area (Å²) in [5.41, 5.74) is 0.644. The van der Waals surface area contributed by atoms with E-state index in [9.17, 15) is 9.59 Å². The van der Waals surface area contributed by atoms with Crippen molar-refractivity contribution in [3.05, 3.63) is 5.57 Å². The van der Waals surface area contributed by atoms with Crippen LogP contribution in [-0.2, 0) is 14.3 Å². The Balaban J connectivity index is 2.25. The molecular formula is C9H9ClO3. The van der Waals surface area contributed by atoms with Crippen LogP contribution in [-0.4, -0.2) is 23.9 Å². The van der Waals surface area contributed by atoms with Crippen molar-refractivity contribution in [2.75, 3.05) is 7.11 Å². The van der Waals surface area contributed by atoms with Gasteiger partial charge in [-0.25, -0.2) is 4.79 Å². The second kappa shape index (κ2) is 2.60. The largest absolute Gasteiger partial charge is 0.468 e. The van der Waals surface area contributed by atoms with Crippen LogP contribution in [0.1, 0.15) is 12.8 Å². The monoisotopic (exact) mass is 200 g/mol. The van der Waals surface area contributed by atoms with Gasteiger partial charge < -0.3 is 4.74 Å². The van der Waals surface area contributed by atoms with Crippen molar-refractivity contribution in [1.82, 2.24) is 0 Å². The van der Waals surface area contributed by atoms with Crippen LogP contribution in [0.3, 0.4) is 0 Å². The molecule has 70 valence electrons. The van der Waals surface area contributed by atoms with E-state index in [1.54, 1.807) is 0 Å². The fraction of sp³-hybridized carbons (Fsp3) is 0.667. The molecule has 0 aromatic rings. The second-order valence-electron chi connectivity index (χ2n) is 3.51. The highest BCUT2D eigenvalue weighted by atomic mass is 35.5. The van der Waals surface area contributed by atoms with Crippen molar-refractivity contribution < 1.29 is 14.3 Å². The van der Waals surface area contributed by atoms with E-state index in [1.165, 1.54) is 7.11 Å². The number of carbonyl (C=O) groups is 1.